The fourth-order valence-corrected chi connectivity index (χ4v) is 1.52. The number of carbonyl (C=O) groups is 1. The highest BCUT2D eigenvalue weighted by molar-refractivity contribution is 5.74. The van der Waals surface area contributed by atoms with Crippen LogP contribution in [0.3, 0.4) is 0 Å². The van der Waals surface area contributed by atoms with E-state index in [1.807, 2.05) is 0 Å². The summed E-state index contributed by atoms with van der Waals surface area (Å²) >= 11 is 0. The van der Waals surface area contributed by atoms with Crippen LogP contribution in [-0.2, 0) is 0 Å². The molecule has 2 amide bonds. The number of hydrogen-bond acceptors (Lipinski definition) is 3. The van der Waals surface area contributed by atoms with Crippen molar-refractivity contribution in [1.29, 1.82) is 0 Å². The van der Waals surface area contributed by atoms with E-state index in [0.717, 1.165) is 32.4 Å². The Hall–Kier alpha value is -0.810. The minimum Gasteiger partial charge on any atom is -0.338 e. The van der Waals surface area contributed by atoms with Gasteiger partial charge in [-0.05, 0) is 32.4 Å². The zero-order valence-electron chi connectivity index (χ0n) is 8.51. The molecule has 5 N–H and O–H groups in total. The average Bonchev–Trinajstić information content (AvgIpc) is 2.20. The van der Waals surface area contributed by atoms with Crippen LogP contribution in [0.2, 0.25) is 0 Å². The molecule has 1 heterocycles. The Bertz CT molecular complexity index is 168. The van der Waals surface area contributed by atoms with Crippen molar-refractivity contribution in [2.75, 3.05) is 26.2 Å². The molecule has 0 spiro atoms. The monoisotopic (exact) mass is 200 g/mol. The van der Waals surface area contributed by atoms with Crippen molar-refractivity contribution in [3.8, 4) is 0 Å². The van der Waals surface area contributed by atoms with Gasteiger partial charge in [0.05, 0.1) is 0 Å². The summed E-state index contributed by atoms with van der Waals surface area (Å²) in [5, 5.41) is 8.94. The molecule has 0 bridgehead atoms. The number of hydrogen-bond donors (Lipinski definition) is 4. The molecule has 0 aromatic rings. The molecule has 1 rings (SSSR count). The van der Waals surface area contributed by atoms with Gasteiger partial charge in [0, 0.05) is 19.1 Å². The van der Waals surface area contributed by atoms with E-state index < -0.39 is 0 Å². The third kappa shape index (κ3) is 4.43. The summed E-state index contributed by atoms with van der Waals surface area (Å²) in [5.74, 6) is 0. The molecule has 1 aliphatic rings. The summed E-state index contributed by atoms with van der Waals surface area (Å²) in [4.78, 5) is 11.3. The summed E-state index contributed by atoms with van der Waals surface area (Å²) in [7, 11) is 0. The van der Waals surface area contributed by atoms with Gasteiger partial charge >= 0.3 is 6.03 Å². The van der Waals surface area contributed by atoms with Gasteiger partial charge in [-0.1, -0.05) is 0 Å². The van der Waals surface area contributed by atoms with Gasteiger partial charge in [-0.2, -0.15) is 0 Å². The van der Waals surface area contributed by atoms with E-state index in [9.17, 15) is 4.79 Å². The van der Waals surface area contributed by atoms with Crippen LogP contribution in [-0.4, -0.2) is 38.3 Å². The fraction of sp³-hybridized carbons (Fsp3) is 0.889. The summed E-state index contributed by atoms with van der Waals surface area (Å²) in [6.07, 6.45) is 3.03. The first-order valence-electron chi connectivity index (χ1n) is 5.28. The van der Waals surface area contributed by atoms with Crippen molar-refractivity contribution < 1.29 is 4.79 Å². The normalized spacial score (nSPS) is 21.6. The van der Waals surface area contributed by atoms with Crippen molar-refractivity contribution in [3.05, 3.63) is 0 Å². The van der Waals surface area contributed by atoms with Gasteiger partial charge in [-0.15, -0.1) is 0 Å². The Morgan fingerprint density at radius 2 is 2.43 bits per heavy atom. The largest absolute Gasteiger partial charge is 0.338 e. The number of piperidine rings is 1. The summed E-state index contributed by atoms with van der Waals surface area (Å²) in [6.45, 7) is 3.21. The van der Waals surface area contributed by atoms with E-state index >= 15 is 0 Å². The number of urea groups is 1. The zero-order valence-corrected chi connectivity index (χ0v) is 8.51. The van der Waals surface area contributed by atoms with Crippen LogP contribution < -0.4 is 21.7 Å². The Kier molecular flexibility index (Phi) is 5.32. The molecule has 1 aliphatic heterocycles. The maximum atomic E-state index is 11.3. The van der Waals surface area contributed by atoms with E-state index in [1.54, 1.807) is 0 Å². The minimum atomic E-state index is -0.0767. The third-order valence-electron chi connectivity index (χ3n) is 2.30. The predicted molar refractivity (Wildman–Crippen MR) is 56.1 cm³/mol. The summed E-state index contributed by atoms with van der Waals surface area (Å²) in [5.41, 5.74) is 5.32. The number of nitrogens with two attached hydrogens (primary N) is 1. The van der Waals surface area contributed by atoms with Crippen LogP contribution in [0.15, 0.2) is 0 Å². The number of carbonyl (C=O) groups excluding carboxylic acids is 1. The van der Waals surface area contributed by atoms with Gasteiger partial charge in [0.25, 0.3) is 0 Å². The molecule has 1 unspecified atom stereocenters. The van der Waals surface area contributed by atoms with E-state index in [-0.39, 0.29) is 12.1 Å². The van der Waals surface area contributed by atoms with Crippen molar-refractivity contribution in [1.82, 2.24) is 16.0 Å². The zero-order chi connectivity index (χ0) is 10.2. The molecule has 0 aromatic carbocycles. The summed E-state index contributed by atoms with van der Waals surface area (Å²) < 4.78 is 0. The molecule has 0 aromatic heterocycles. The quantitative estimate of drug-likeness (QED) is 0.457. The number of nitrogens with one attached hydrogen (secondary N) is 3. The lowest BCUT2D eigenvalue weighted by atomic mass is 10.1. The molecule has 5 heteroatoms. The lowest BCUT2D eigenvalue weighted by Gasteiger charge is -2.23. The average molecular weight is 200 g/mol. The predicted octanol–water partition coefficient (Wildman–Crippen LogP) is -0.614. The standard InChI is InChI=1S/C9H20N4O/c10-4-2-6-12-9(14)13-8-3-1-5-11-7-8/h8,11H,1-7,10H2,(H2,12,13,14). The van der Waals surface area contributed by atoms with E-state index in [4.69, 9.17) is 5.73 Å². The van der Waals surface area contributed by atoms with Gasteiger partial charge < -0.3 is 21.7 Å². The first-order valence-corrected chi connectivity index (χ1v) is 5.28. The maximum Gasteiger partial charge on any atom is 0.315 e. The molecule has 5 nitrogen and oxygen atoms in total. The molecule has 0 saturated carbocycles. The van der Waals surface area contributed by atoms with Crippen LogP contribution in [0.4, 0.5) is 4.79 Å². The van der Waals surface area contributed by atoms with Gasteiger partial charge in [-0.3, -0.25) is 0 Å². The molecule has 1 saturated heterocycles. The lowest BCUT2D eigenvalue weighted by molar-refractivity contribution is 0.234. The van der Waals surface area contributed by atoms with Crippen LogP contribution in [0.5, 0.6) is 0 Å². The first kappa shape index (κ1) is 11.3. The van der Waals surface area contributed by atoms with Gasteiger partial charge in [0.2, 0.25) is 0 Å². The highest BCUT2D eigenvalue weighted by Gasteiger charge is 2.14. The van der Waals surface area contributed by atoms with E-state index in [0.29, 0.717) is 13.1 Å². The smallest absolute Gasteiger partial charge is 0.315 e. The topological polar surface area (TPSA) is 79.2 Å². The van der Waals surface area contributed by atoms with Gasteiger partial charge in [0.15, 0.2) is 0 Å². The minimum absolute atomic E-state index is 0.0767. The fourth-order valence-electron chi connectivity index (χ4n) is 1.52. The Labute approximate surface area is 84.8 Å². The van der Waals surface area contributed by atoms with Crippen LogP contribution in [0.1, 0.15) is 19.3 Å². The molecule has 1 fully saturated rings. The highest BCUT2D eigenvalue weighted by atomic mass is 16.2. The van der Waals surface area contributed by atoms with Crippen LogP contribution in [0.25, 0.3) is 0 Å². The Morgan fingerprint density at radius 1 is 1.57 bits per heavy atom. The molecule has 0 aliphatic carbocycles. The van der Waals surface area contributed by atoms with Crippen molar-refractivity contribution in [3.63, 3.8) is 0 Å². The SMILES string of the molecule is NCCCNC(=O)NC1CCCNC1. The third-order valence-corrected chi connectivity index (χ3v) is 2.30. The second-order valence-electron chi connectivity index (χ2n) is 3.59. The van der Waals surface area contributed by atoms with Crippen molar-refractivity contribution in [2.24, 2.45) is 5.73 Å². The van der Waals surface area contributed by atoms with Crippen molar-refractivity contribution in [2.45, 2.75) is 25.3 Å². The number of rotatable bonds is 4. The maximum absolute atomic E-state index is 11.3. The van der Waals surface area contributed by atoms with Gasteiger partial charge in [0.1, 0.15) is 0 Å². The second kappa shape index (κ2) is 6.62. The second-order valence-corrected chi connectivity index (χ2v) is 3.59. The number of amides is 2. The molecule has 14 heavy (non-hydrogen) atoms. The molecule has 0 radical (unpaired) electrons. The Balaban J connectivity index is 2.06. The molecule has 1 atom stereocenters. The molecular weight excluding hydrogens is 180 g/mol. The summed E-state index contributed by atoms with van der Waals surface area (Å²) in [6, 6.07) is 0.203. The van der Waals surface area contributed by atoms with E-state index in [1.165, 1.54) is 0 Å². The van der Waals surface area contributed by atoms with Crippen LogP contribution in [0, 0.1) is 0 Å². The van der Waals surface area contributed by atoms with Crippen molar-refractivity contribution >= 4 is 6.03 Å². The van der Waals surface area contributed by atoms with E-state index in [2.05, 4.69) is 16.0 Å². The highest BCUT2D eigenvalue weighted by Crippen LogP contribution is 2.00. The lowest BCUT2D eigenvalue weighted by Crippen LogP contribution is -2.49. The molecule has 82 valence electrons. The Morgan fingerprint density at radius 3 is 3.07 bits per heavy atom. The van der Waals surface area contributed by atoms with Crippen LogP contribution >= 0.6 is 0 Å². The molecular formula is C9H20N4O. The first-order chi connectivity index (χ1) is 6.83. The van der Waals surface area contributed by atoms with Gasteiger partial charge in [-0.25, -0.2) is 4.79 Å².